The molecule has 0 spiro atoms. The van der Waals surface area contributed by atoms with Gasteiger partial charge in [0.1, 0.15) is 11.8 Å². The molecule has 2 aliphatic rings. The number of rotatable bonds is 4. The molecule has 1 aliphatic carbocycles. The number of nitrogens with one attached hydrogen (secondary N) is 1. The van der Waals surface area contributed by atoms with Crippen LogP contribution in [0.15, 0.2) is 61.9 Å². The molecule has 1 N–H and O–H groups in total. The predicted octanol–water partition coefficient (Wildman–Crippen LogP) is 6.24. The molecule has 6 nitrogen and oxygen atoms in total. The maximum absolute atomic E-state index is 13.2. The summed E-state index contributed by atoms with van der Waals surface area (Å²) < 4.78 is 8.24. The van der Waals surface area contributed by atoms with E-state index >= 15 is 0 Å². The third-order valence-electron chi connectivity index (χ3n) is 5.49. The highest BCUT2D eigenvalue weighted by molar-refractivity contribution is 9.10. The van der Waals surface area contributed by atoms with E-state index in [4.69, 9.17) is 26.1 Å². The van der Waals surface area contributed by atoms with Crippen molar-refractivity contribution in [3.05, 3.63) is 68.7 Å². The summed E-state index contributed by atoms with van der Waals surface area (Å²) in [5.41, 5.74) is 2.53. The normalized spacial score (nSPS) is 19.7. The first-order chi connectivity index (χ1) is 14.8. The molecule has 3 aromatic rings. The van der Waals surface area contributed by atoms with Crippen LogP contribution in [0.5, 0.6) is 0 Å². The van der Waals surface area contributed by atoms with Crippen LogP contribution in [0.3, 0.4) is 0 Å². The van der Waals surface area contributed by atoms with Crippen LogP contribution in [0, 0.1) is 5.41 Å². The molecule has 0 saturated carbocycles. The molecule has 0 radical (unpaired) electrons. The number of carbonyl (C=O) groups is 1. The van der Waals surface area contributed by atoms with Crippen LogP contribution in [0.25, 0.3) is 0 Å². The number of allylic oxidation sites excluding steroid dienone is 2. The van der Waals surface area contributed by atoms with Crippen molar-refractivity contribution < 1.29 is 9.21 Å². The van der Waals surface area contributed by atoms with Gasteiger partial charge in [-0.3, -0.25) is 4.79 Å². The minimum absolute atomic E-state index is 0.110. The third kappa shape index (κ3) is 3.97. The Morgan fingerprint density at radius 2 is 2.10 bits per heavy atom. The van der Waals surface area contributed by atoms with E-state index in [0.717, 1.165) is 22.7 Å². The first kappa shape index (κ1) is 20.8. The van der Waals surface area contributed by atoms with E-state index in [1.165, 1.54) is 11.8 Å². The van der Waals surface area contributed by atoms with E-state index in [1.807, 2.05) is 36.4 Å². The summed E-state index contributed by atoms with van der Waals surface area (Å²) in [5, 5.41) is 9.44. The number of furan rings is 1. The monoisotopic (exact) mass is 518 g/mol. The second-order valence-corrected chi connectivity index (χ2v) is 10.7. The van der Waals surface area contributed by atoms with Crippen molar-refractivity contribution in [1.82, 2.24) is 14.8 Å². The molecule has 160 valence electrons. The van der Waals surface area contributed by atoms with E-state index in [2.05, 4.69) is 35.1 Å². The number of nitrogens with zero attached hydrogens (tertiary/aromatic N) is 3. The molecule has 1 aromatic carbocycles. The average Bonchev–Trinajstić information content (AvgIpc) is 3.30. The van der Waals surface area contributed by atoms with E-state index in [1.54, 1.807) is 4.68 Å². The van der Waals surface area contributed by atoms with E-state index in [9.17, 15) is 4.79 Å². The summed E-state index contributed by atoms with van der Waals surface area (Å²) in [5.74, 6) is 2.04. The van der Waals surface area contributed by atoms with Crippen LogP contribution in [-0.4, -0.2) is 20.5 Å². The van der Waals surface area contributed by atoms with Gasteiger partial charge in [-0.15, -0.1) is 5.10 Å². The standard InChI is InChI=1S/C22H20BrClN4O2S/c1-22(2)9-14-18(15(29)10-22)19(16-7-8-17(23)30-16)28-20(25-14)26-21(27-28)31-11-12-5-3-4-6-13(12)24/h3-8,19H,9-11H2,1-2H3,(H,25,26,27). The predicted molar refractivity (Wildman–Crippen MR) is 124 cm³/mol. The number of carbonyl (C=O) groups excluding carboxylic acids is 1. The summed E-state index contributed by atoms with van der Waals surface area (Å²) in [6.07, 6.45) is 1.26. The molecule has 0 bridgehead atoms. The molecule has 1 aliphatic heterocycles. The Bertz CT molecular complexity index is 1220. The molecule has 1 atom stereocenters. The van der Waals surface area contributed by atoms with Crippen LogP contribution in [0.2, 0.25) is 5.02 Å². The van der Waals surface area contributed by atoms with Crippen LogP contribution in [0.4, 0.5) is 5.95 Å². The average molecular weight is 520 g/mol. The van der Waals surface area contributed by atoms with Gasteiger partial charge in [-0.1, -0.05) is 55.4 Å². The second kappa shape index (κ2) is 7.83. The van der Waals surface area contributed by atoms with Gasteiger partial charge in [-0.05, 0) is 51.5 Å². The van der Waals surface area contributed by atoms with Crippen LogP contribution >= 0.6 is 39.3 Å². The zero-order chi connectivity index (χ0) is 21.8. The minimum Gasteiger partial charge on any atom is -0.452 e. The highest BCUT2D eigenvalue weighted by Gasteiger charge is 2.43. The van der Waals surface area contributed by atoms with Gasteiger partial charge < -0.3 is 9.73 Å². The van der Waals surface area contributed by atoms with Crippen molar-refractivity contribution in [2.24, 2.45) is 5.41 Å². The topological polar surface area (TPSA) is 73.0 Å². The van der Waals surface area contributed by atoms with E-state index in [0.29, 0.717) is 39.3 Å². The lowest BCUT2D eigenvalue weighted by atomic mass is 9.73. The maximum atomic E-state index is 13.2. The molecular weight excluding hydrogens is 500 g/mol. The molecule has 9 heteroatoms. The van der Waals surface area contributed by atoms with Crippen molar-refractivity contribution in [3.63, 3.8) is 0 Å². The van der Waals surface area contributed by atoms with E-state index in [-0.39, 0.29) is 11.2 Å². The Labute approximate surface area is 197 Å². The Hall–Kier alpha value is -2.03. The largest absolute Gasteiger partial charge is 0.452 e. The summed E-state index contributed by atoms with van der Waals surface area (Å²) in [4.78, 5) is 17.9. The zero-order valence-electron chi connectivity index (χ0n) is 17.0. The fourth-order valence-electron chi connectivity index (χ4n) is 4.15. The first-order valence-corrected chi connectivity index (χ1v) is 12.1. The number of benzene rings is 1. The Kier molecular flexibility index (Phi) is 5.27. The number of ketones is 1. The number of Topliss-reactive ketones (excluding diaryl/α,β-unsaturated/α-hetero) is 1. The summed E-state index contributed by atoms with van der Waals surface area (Å²) in [6.45, 7) is 4.22. The van der Waals surface area contributed by atoms with Gasteiger partial charge in [0.05, 0.1) is 0 Å². The lowest BCUT2D eigenvalue weighted by Gasteiger charge is -2.37. The molecule has 31 heavy (non-hydrogen) atoms. The third-order valence-corrected chi connectivity index (χ3v) is 7.17. The summed E-state index contributed by atoms with van der Waals surface area (Å²) >= 11 is 11.2. The van der Waals surface area contributed by atoms with Crippen LogP contribution in [-0.2, 0) is 10.5 Å². The smallest absolute Gasteiger partial charge is 0.227 e. The molecule has 0 amide bonds. The van der Waals surface area contributed by atoms with Gasteiger partial charge in [0.15, 0.2) is 10.5 Å². The fraction of sp³-hybridized carbons (Fsp3) is 0.318. The van der Waals surface area contributed by atoms with Gasteiger partial charge >= 0.3 is 0 Å². The molecule has 0 saturated heterocycles. The highest BCUT2D eigenvalue weighted by atomic mass is 79.9. The lowest BCUT2D eigenvalue weighted by molar-refractivity contribution is -0.118. The molecule has 1 unspecified atom stereocenters. The Morgan fingerprint density at radius 1 is 1.29 bits per heavy atom. The molecular formula is C22H20BrClN4O2S. The van der Waals surface area contributed by atoms with Gasteiger partial charge in [-0.2, -0.15) is 4.98 Å². The van der Waals surface area contributed by atoms with Gasteiger partial charge in [-0.25, -0.2) is 4.68 Å². The highest BCUT2D eigenvalue weighted by Crippen LogP contribution is 2.46. The van der Waals surface area contributed by atoms with Crippen molar-refractivity contribution in [2.75, 3.05) is 5.32 Å². The number of fused-ring (bicyclic) bond motifs is 1. The van der Waals surface area contributed by atoms with E-state index < -0.39 is 6.04 Å². The van der Waals surface area contributed by atoms with Crippen LogP contribution in [0.1, 0.15) is 44.1 Å². The Balaban J connectivity index is 1.52. The van der Waals surface area contributed by atoms with Crippen molar-refractivity contribution in [2.45, 2.75) is 43.6 Å². The van der Waals surface area contributed by atoms with Crippen LogP contribution < -0.4 is 5.32 Å². The number of hydrogen-bond acceptors (Lipinski definition) is 6. The lowest BCUT2D eigenvalue weighted by Crippen LogP contribution is -2.36. The summed E-state index contributed by atoms with van der Waals surface area (Å²) in [7, 11) is 0. The second-order valence-electron chi connectivity index (χ2n) is 8.55. The molecule has 0 fully saturated rings. The number of halogens is 2. The molecule has 2 aromatic heterocycles. The van der Waals surface area contributed by atoms with Crippen molar-refractivity contribution in [1.29, 1.82) is 0 Å². The summed E-state index contributed by atoms with van der Waals surface area (Å²) in [6, 6.07) is 11.0. The minimum atomic E-state index is -0.441. The zero-order valence-corrected chi connectivity index (χ0v) is 20.1. The number of thioether (sulfide) groups is 1. The number of aromatic nitrogens is 3. The Morgan fingerprint density at radius 3 is 2.84 bits per heavy atom. The molecule has 3 heterocycles. The maximum Gasteiger partial charge on any atom is 0.227 e. The quantitative estimate of drug-likeness (QED) is 0.412. The van der Waals surface area contributed by atoms with Gasteiger partial charge in [0, 0.05) is 28.5 Å². The number of anilines is 1. The number of hydrogen-bond donors (Lipinski definition) is 1. The fourth-order valence-corrected chi connectivity index (χ4v) is 5.58. The van der Waals surface area contributed by atoms with Crippen molar-refractivity contribution >= 4 is 51.0 Å². The van der Waals surface area contributed by atoms with Gasteiger partial charge in [0.2, 0.25) is 11.1 Å². The van der Waals surface area contributed by atoms with Gasteiger partial charge in [0.25, 0.3) is 0 Å². The van der Waals surface area contributed by atoms with Crippen molar-refractivity contribution in [3.8, 4) is 0 Å². The molecule has 5 rings (SSSR count). The SMILES string of the molecule is CC1(C)CC(=O)C2=C(C1)Nc1nc(SCc3ccccc3Cl)nn1C2c1ccc(Br)o1. The first-order valence-electron chi connectivity index (χ1n) is 9.92.